The average molecular weight is 795 g/mol. The largest absolute Gasteiger partial charge is 0.342 e. The molecule has 0 aliphatic carbocycles. The summed E-state index contributed by atoms with van der Waals surface area (Å²) >= 11 is 2.87. The van der Waals surface area contributed by atoms with Gasteiger partial charge in [0.05, 0.1) is 11.4 Å². The van der Waals surface area contributed by atoms with Crippen molar-refractivity contribution < 1.29 is 9.59 Å². The Morgan fingerprint density at radius 3 is 1.12 bits per heavy atom. The number of carbonyl (C=O) groups is 2. The molecule has 0 saturated carbocycles. The Bertz CT molecular complexity index is 2420. The van der Waals surface area contributed by atoms with Crippen molar-refractivity contribution >= 4 is 44.5 Å². The number of hydrogen-bond donors (Lipinski definition) is 0. The molecule has 0 unspecified atom stereocenters. The van der Waals surface area contributed by atoms with Gasteiger partial charge >= 0.3 is 0 Å². The van der Waals surface area contributed by atoms with Crippen LogP contribution in [0.4, 0.5) is 10.3 Å². The van der Waals surface area contributed by atoms with E-state index in [4.69, 9.17) is 9.97 Å². The zero-order valence-electron chi connectivity index (χ0n) is 32.4. The molecule has 0 saturated heterocycles. The molecule has 2 aromatic heterocycles. The minimum absolute atomic E-state index is 0.0497. The molecule has 286 valence electrons. The lowest BCUT2D eigenvalue weighted by atomic mass is 10.1. The van der Waals surface area contributed by atoms with Crippen LogP contribution in [0, 0.1) is 13.8 Å². The highest BCUT2D eigenvalue weighted by atomic mass is 32.1. The molecule has 0 fully saturated rings. The standard InChI is InChI=1S/C50H42N4O2S2/c1-35-23-27-37(28-24-35)33-53(49-51-43(39-15-7-3-8-16-39)47(57-49)45(55)41-19-11-5-12-20-41)31-32-54(34-38-29-25-36(2)26-30-38)50-52-44(40-17-9-4-10-18-40)48(58-50)46(56)42-21-13-6-14-22-42/h3-30H,31-34H2,1-2H3. The van der Waals surface area contributed by atoms with E-state index in [1.807, 2.05) is 121 Å². The van der Waals surface area contributed by atoms with Crippen LogP contribution >= 0.6 is 22.7 Å². The lowest BCUT2D eigenvalue weighted by Gasteiger charge is -2.28. The Labute approximate surface area is 347 Å². The molecule has 0 aliphatic rings. The fourth-order valence-corrected chi connectivity index (χ4v) is 8.92. The van der Waals surface area contributed by atoms with Crippen molar-refractivity contribution in [3.05, 3.63) is 213 Å². The zero-order chi connectivity index (χ0) is 39.8. The number of ketones is 2. The molecule has 8 heteroatoms. The van der Waals surface area contributed by atoms with Gasteiger partial charge in [-0.2, -0.15) is 0 Å². The highest BCUT2D eigenvalue weighted by molar-refractivity contribution is 7.18. The van der Waals surface area contributed by atoms with Crippen LogP contribution in [0.1, 0.15) is 52.7 Å². The predicted octanol–water partition coefficient (Wildman–Crippen LogP) is 11.7. The Morgan fingerprint density at radius 2 is 0.776 bits per heavy atom. The molecular formula is C50H42N4O2S2. The number of aryl methyl sites for hydroxylation is 2. The molecule has 0 spiro atoms. The molecule has 0 aliphatic heterocycles. The molecule has 0 atom stereocenters. The van der Waals surface area contributed by atoms with Crippen LogP contribution < -0.4 is 9.80 Å². The number of thiazole rings is 2. The highest BCUT2D eigenvalue weighted by Crippen LogP contribution is 2.38. The number of aromatic nitrogens is 2. The van der Waals surface area contributed by atoms with Crippen molar-refractivity contribution in [1.82, 2.24) is 9.97 Å². The van der Waals surface area contributed by atoms with E-state index in [1.165, 1.54) is 33.8 Å². The fourth-order valence-electron chi connectivity index (χ4n) is 6.77. The van der Waals surface area contributed by atoms with E-state index in [-0.39, 0.29) is 11.6 Å². The van der Waals surface area contributed by atoms with E-state index < -0.39 is 0 Å². The molecule has 8 rings (SSSR count). The molecule has 58 heavy (non-hydrogen) atoms. The molecule has 6 aromatic carbocycles. The minimum atomic E-state index is -0.0497. The van der Waals surface area contributed by atoms with Gasteiger partial charge in [-0.25, -0.2) is 9.97 Å². The predicted molar refractivity (Wildman–Crippen MR) is 239 cm³/mol. The van der Waals surface area contributed by atoms with Gasteiger partial charge in [0.15, 0.2) is 10.3 Å². The Kier molecular flexibility index (Phi) is 11.8. The first-order chi connectivity index (χ1) is 28.4. The van der Waals surface area contributed by atoms with Crippen molar-refractivity contribution in [3.8, 4) is 22.5 Å². The van der Waals surface area contributed by atoms with Crippen molar-refractivity contribution in [3.63, 3.8) is 0 Å². The quantitative estimate of drug-likeness (QED) is 0.0963. The maximum atomic E-state index is 14.2. The summed E-state index contributed by atoms with van der Waals surface area (Å²) in [5.74, 6) is -0.0994. The van der Waals surface area contributed by atoms with E-state index in [2.05, 4.69) is 72.2 Å². The van der Waals surface area contributed by atoms with Gasteiger partial charge in [0, 0.05) is 48.4 Å². The van der Waals surface area contributed by atoms with E-state index in [9.17, 15) is 9.59 Å². The smallest absolute Gasteiger partial charge is 0.205 e. The average Bonchev–Trinajstić information content (AvgIpc) is 3.93. The van der Waals surface area contributed by atoms with Crippen molar-refractivity contribution in [2.75, 3.05) is 22.9 Å². The van der Waals surface area contributed by atoms with Gasteiger partial charge in [-0.1, -0.05) is 204 Å². The second-order valence-electron chi connectivity index (χ2n) is 14.3. The minimum Gasteiger partial charge on any atom is -0.342 e. The van der Waals surface area contributed by atoms with Crippen molar-refractivity contribution in [1.29, 1.82) is 0 Å². The zero-order valence-corrected chi connectivity index (χ0v) is 34.0. The molecule has 8 aromatic rings. The summed E-state index contributed by atoms with van der Waals surface area (Å²) < 4.78 is 0. The summed E-state index contributed by atoms with van der Waals surface area (Å²) in [6.45, 7) is 6.50. The van der Waals surface area contributed by atoms with Gasteiger partial charge in [0.1, 0.15) is 9.75 Å². The van der Waals surface area contributed by atoms with Gasteiger partial charge in [0.25, 0.3) is 0 Å². The second kappa shape index (κ2) is 17.8. The third-order valence-electron chi connectivity index (χ3n) is 9.98. The van der Waals surface area contributed by atoms with Gasteiger partial charge in [-0.3, -0.25) is 9.59 Å². The van der Waals surface area contributed by atoms with E-state index >= 15 is 0 Å². The maximum Gasteiger partial charge on any atom is 0.205 e. The van der Waals surface area contributed by atoms with Crippen LogP contribution in [0.5, 0.6) is 0 Å². The lowest BCUT2D eigenvalue weighted by molar-refractivity contribution is 0.103. The second-order valence-corrected chi connectivity index (χ2v) is 16.2. The SMILES string of the molecule is Cc1ccc(CN(CCN(Cc2ccc(C)cc2)c2nc(-c3ccccc3)c(C(=O)c3ccccc3)s2)c2nc(-c3ccccc3)c(C(=O)c3ccccc3)s2)cc1. The molecule has 0 bridgehead atoms. The lowest BCUT2D eigenvalue weighted by Crippen LogP contribution is -2.35. The molecule has 0 amide bonds. The topological polar surface area (TPSA) is 66.4 Å². The Hall–Kier alpha value is -6.48. The fraction of sp³-hybridized carbons (Fsp3) is 0.120. The summed E-state index contributed by atoms with van der Waals surface area (Å²) in [6.07, 6.45) is 0. The third kappa shape index (κ3) is 8.89. The summed E-state index contributed by atoms with van der Waals surface area (Å²) in [6, 6.07) is 55.9. The van der Waals surface area contributed by atoms with Crippen molar-refractivity contribution in [2.45, 2.75) is 26.9 Å². The van der Waals surface area contributed by atoms with E-state index in [1.54, 1.807) is 0 Å². The van der Waals surface area contributed by atoms with Crippen LogP contribution in [0.3, 0.4) is 0 Å². The highest BCUT2D eigenvalue weighted by Gasteiger charge is 2.27. The first-order valence-corrected chi connectivity index (χ1v) is 21.0. The van der Waals surface area contributed by atoms with Crippen LogP contribution in [0.25, 0.3) is 22.5 Å². The van der Waals surface area contributed by atoms with Gasteiger partial charge in [0.2, 0.25) is 11.6 Å². The molecular weight excluding hydrogens is 753 g/mol. The van der Waals surface area contributed by atoms with Crippen LogP contribution in [-0.2, 0) is 13.1 Å². The summed E-state index contributed by atoms with van der Waals surface area (Å²) in [5, 5.41) is 1.52. The number of nitrogens with zero attached hydrogens (tertiary/aromatic N) is 4. The van der Waals surface area contributed by atoms with Gasteiger partial charge in [-0.05, 0) is 25.0 Å². The monoisotopic (exact) mass is 794 g/mol. The third-order valence-corrected chi connectivity index (χ3v) is 12.2. The first-order valence-electron chi connectivity index (χ1n) is 19.3. The Balaban J connectivity index is 1.20. The maximum absolute atomic E-state index is 14.2. The molecule has 2 heterocycles. The number of hydrogen-bond acceptors (Lipinski definition) is 8. The van der Waals surface area contributed by atoms with Crippen LogP contribution in [-0.4, -0.2) is 34.6 Å². The number of carbonyl (C=O) groups excluding carboxylic acids is 2. The summed E-state index contributed by atoms with van der Waals surface area (Å²) in [4.78, 5) is 44.6. The number of benzene rings is 6. The first kappa shape index (κ1) is 38.4. The van der Waals surface area contributed by atoms with Crippen LogP contribution in [0.15, 0.2) is 170 Å². The number of rotatable bonds is 15. The summed E-state index contributed by atoms with van der Waals surface area (Å²) in [5.41, 5.74) is 9.06. The van der Waals surface area contributed by atoms with Gasteiger partial charge in [-0.15, -0.1) is 0 Å². The summed E-state index contributed by atoms with van der Waals surface area (Å²) in [7, 11) is 0. The number of anilines is 2. The molecule has 0 radical (unpaired) electrons. The normalized spacial score (nSPS) is 11.0. The van der Waals surface area contributed by atoms with Crippen molar-refractivity contribution in [2.24, 2.45) is 0 Å². The molecule has 0 N–H and O–H groups in total. The van der Waals surface area contributed by atoms with Gasteiger partial charge < -0.3 is 9.80 Å². The van der Waals surface area contributed by atoms with Crippen LogP contribution in [0.2, 0.25) is 0 Å². The van der Waals surface area contributed by atoms with E-state index in [0.29, 0.717) is 58.4 Å². The Morgan fingerprint density at radius 1 is 0.448 bits per heavy atom. The molecule has 6 nitrogen and oxygen atoms in total. The van der Waals surface area contributed by atoms with E-state index in [0.717, 1.165) is 32.5 Å².